The molecule has 0 amide bonds. The Bertz CT molecular complexity index is 560. The lowest BCUT2D eigenvalue weighted by Crippen LogP contribution is -2.24. The Morgan fingerprint density at radius 3 is 2.62 bits per heavy atom. The second-order valence-electron chi connectivity index (χ2n) is 4.73. The van der Waals surface area contributed by atoms with Crippen LogP contribution in [0.15, 0.2) is 48.5 Å². The van der Waals surface area contributed by atoms with Gasteiger partial charge in [0.2, 0.25) is 0 Å². The highest BCUT2D eigenvalue weighted by Crippen LogP contribution is 2.22. The molecule has 2 aromatic carbocycles. The fraction of sp³-hybridized carbons (Fsp3) is 0.294. The summed E-state index contributed by atoms with van der Waals surface area (Å²) in [6, 6.07) is 14.7. The van der Waals surface area contributed by atoms with E-state index in [0.29, 0.717) is 13.2 Å². The highest BCUT2D eigenvalue weighted by molar-refractivity contribution is 5.31. The molecule has 1 atom stereocenters. The number of benzene rings is 2. The van der Waals surface area contributed by atoms with Crippen molar-refractivity contribution in [3.63, 3.8) is 0 Å². The number of ether oxygens (including phenoxy) is 2. The van der Waals surface area contributed by atoms with Gasteiger partial charge in [0.25, 0.3) is 0 Å². The average molecular weight is 289 g/mol. The van der Waals surface area contributed by atoms with E-state index in [1.165, 1.54) is 13.2 Å². The molecule has 0 saturated carbocycles. The predicted molar refractivity (Wildman–Crippen MR) is 81.3 cm³/mol. The van der Waals surface area contributed by atoms with Gasteiger partial charge in [-0.15, -0.1) is 0 Å². The summed E-state index contributed by atoms with van der Waals surface area (Å²) in [6.45, 7) is 3.30. The Kier molecular flexibility index (Phi) is 5.58. The number of methoxy groups -OCH3 is 1. The maximum Gasteiger partial charge on any atom is 0.165 e. The van der Waals surface area contributed by atoms with Gasteiger partial charge in [-0.3, -0.25) is 0 Å². The van der Waals surface area contributed by atoms with Crippen molar-refractivity contribution in [3.8, 4) is 11.5 Å². The minimum absolute atomic E-state index is 0.0962. The minimum atomic E-state index is -0.346. The lowest BCUT2D eigenvalue weighted by atomic mass is 10.1. The van der Waals surface area contributed by atoms with Crippen LogP contribution >= 0.6 is 0 Å². The molecule has 0 fully saturated rings. The summed E-state index contributed by atoms with van der Waals surface area (Å²) in [5, 5.41) is 3.34. The van der Waals surface area contributed by atoms with Gasteiger partial charge in [-0.1, -0.05) is 24.3 Å². The molecule has 4 heteroatoms. The molecule has 21 heavy (non-hydrogen) atoms. The van der Waals surface area contributed by atoms with Crippen LogP contribution in [0.1, 0.15) is 18.5 Å². The number of hydrogen-bond acceptors (Lipinski definition) is 3. The molecule has 1 unspecified atom stereocenters. The highest BCUT2D eigenvalue weighted by atomic mass is 19.1. The van der Waals surface area contributed by atoms with Gasteiger partial charge in [-0.25, -0.2) is 4.39 Å². The van der Waals surface area contributed by atoms with Crippen LogP contribution in [0.2, 0.25) is 0 Å². The molecule has 0 heterocycles. The van der Waals surface area contributed by atoms with Crippen molar-refractivity contribution in [2.45, 2.75) is 13.0 Å². The minimum Gasteiger partial charge on any atom is -0.494 e. The lowest BCUT2D eigenvalue weighted by molar-refractivity contribution is 0.307. The average Bonchev–Trinajstić information content (AvgIpc) is 2.53. The summed E-state index contributed by atoms with van der Waals surface area (Å²) in [7, 11) is 1.47. The van der Waals surface area contributed by atoms with Crippen molar-refractivity contribution >= 4 is 0 Å². The number of rotatable bonds is 7. The van der Waals surface area contributed by atoms with Crippen LogP contribution in [0.4, 0.5) is 4.39 Å². The van der Waals surface area contributed by atoms with Gasteiger partial charge in [0.05, 0.1) is 7.11 Å². The van der Waals surface area contributed by atoms with Crippen LogP contribution in [-0.2, 0) is 0 Å². The van der Waals surface area contributed by atoms with Crippen molar-refractivity contribution in [3.05, 3.63) is 59.9 Å². The Labute approximate surface area is 124 Å². The Hall–Kier alpha value is -2.07. The third-order valence-electron chi connectivity index (χ3n) is 3.24. The molecule has 0 aliphatic rings. The smallest absolute Gasteiger partial charge is 0.165 e. The molecular weight excluding hydrogens is 269 g/mol. The molecule has 0 radical (unpaired) electrons. The monoisotopic (exact) mass is 289 g/mol. The topological polar surface area (TPSA) is 30.5 Å². The zero-order valence-electron chi connectivity index (χ0n) is 12.3. The summed E-state index contributed by atoms with van der Waals surface area (Å²) in [5.41, 5.74) is 0.980. The lowest BCUT2D eigenvalue weighted by Gasteiger charge is -2.15. The highest BCUT2D eigenvalue weighted by Gasteiger charge is 2.09. The van der Waals surface area contributed by atoms with Crippen molar-refractivity contribution in [2.75, 3.05) is 20.3 Å². The van der Waals surface area contributed by atoms with E-state index < -0.39 is 0 Å². The Morgan fingerprint density at radius 2 is 1.90 bits per heavy atom. The predicted octanol–water partition coefficient (Wildman–Crippen LogP) is 3.56. The summed E-state index contributed by atoms with van der Waals surface area (Å²) >= 11 is 0. The van der Waals surface area contributed by atoms with Crippen LogP contribution in [0.25, 0.3) is 0 Å². The van der Waals surface area contributed by atoms with Crippen LogP contribution in [0, 0.1) is 5.82 Å². The molecule has 0 bridgehead atoms. The van der Waals surface area contributed by atoms with Gasteiger partial charge in [-0.05, 0) is 36.8 Å². The van der Waals surface area contributed by atoms with E-state index in [0.717, 1.165) is 11.3 Å². The third kappa shape index (κ3) is 4.46. The van der Waals surface area contributed by atoms with Crippen molar-refractivity contribution in [1.29, 1.82) is 0 Å². The van der Waals surface area contributed by atoms with E-state index in [4.69, 9.17) is 9.47 Å². The summed E-state index contributed by atoms with van der Waals surface area (Å²) in [5.74, 6) is 0.776. The fourth-order valence-electron chi connectivity index (χ4n) is 2.02. The maximum atomic E-state index is 13.4. The fourth-order valence-corrected chi connectivity index (χ4v) is 2.02. The molecule has 0 saturated heterocycles. The molecule has 2 rings (SSSR count). The number of hydrogen-bond donors (Lipinski definition) is 1. The largest absolute Gasteiger partial charge is 0.494 e. The van der Waals surface area contributed by atoms with E-state index in [1.807, 2.05) is 37.3 Å². The molecule has 2 aromatic rings. The number of nitrogens with one attached hydrogen (secondary N) is 1. The van der Waals surface area contributed by atoms with Crippen LogP contribution in [0.5, 0.6) is 11.5 Å². The zero-order valence-corrected chi connectivity index (χ0v) is 12.3. The molecule has 3 nitrogen and oxygen atoms in total. The first kappa shape index (κ1) is 15.3. The third-order valence-corrected chi connectivity index (χ3v) is 3.24. The summed E-state index contributed by atoms with van der Waals surface area (Å²) < 4.78 is 24.0. The second-order valence-corrected chi connectivity index (χ2v) is 4.73. The van der Waals surface area contributed by atoms with Gasteiger partial charge >= 0.3 is 0 Å². The van der Waals surface area contributed by atoms with Crippen LogP contribution in [-0.4, -0.2) is 20.3 Å². The van der Waals surface area contributed by atoms with E-state index in [9.17, 15) is 4.39 Å². The van der Waals surface area contributed by atoms with Crippen molar-refractivity contribution in [2.24, 2.45) is 0 Å². The van der Waals surface area contributed by atoms with Crippen molar-refractivity contribution in [1.82, 2.24) is 5.32 Å². The molecule has 1 N–H and O–H groups in total. The van der Waals surface area contributed by atoms with E-state index in [1.54, 1.807) is 12.1 Å². The van der Waals surface area contributed by atoms with E-state index in [2.05, 4.69) is 5.32 Å². The first-order chi connectivity index (χ1) is 10.2. The molecule has 0 aliphatic carbocycles. The number of halogens is 1. The van der Waals surface area contributed by atoms with Crippen LogP contribution < -0.4 is 14.8 Å². The first-order valence-electron chi connectivity index (χ1n) is 6.95. The summed E-state index contributed by atoms with van der Waals surface area (Å²) in [6.07, 6.45) is 0. The Balaban J connectivity index is 1.80. The van der Waals surface area contributed by atoms with Gasteiger partial charge in [0.15, 0.2) is 11.6 Å². The SMILES string of the molecule is COc1cc(C(C)NCCOc2ccccc2)ccc1F. The van der Waals surface area contributed by atoms with E-state index >= 15 is 0 Å². The number of para-hydroxylation sites is 1. The normalized spacial score (nSPS) is 12.0. The van der Waals surface area contributed by atoms with Gasteiger partial charge in [0, 0.05) is 12.6 Å². The zero-order chi connectivity index (χ0) is 15.1. The van der Waals surface area contributed by atoms with Gasteiger partial charge in [-0.2, -0.15) is 0 Å². The van der Waals surface area contributed by atoms with Crippen molar-refractivity contribution < 1.29 is 13.9 Å². The van der Waals surface area contributed by atoms with Gasteiger partial charge < -0.3 is 14.8 Å². The van der Waals surface area contributed by atoms with Crippen LogP contribution in [0.3, 0.4) is 0 Å². The first-order valence-corrected chi connectivity index (χ1v) is 6.95. The summed E-state index contributed by atoms with van der Waals surface area (Å²) in [4.78, 5) is 0. The molecular formula is C17H20FNO2. The Morgan fingerprint density at radius 1 is 1.14 bits per heavy atom. The standard InChI is InChI=1S/C17H20FNO2/c1-13(14-8-9-16(18)17(12-14)20-2)19-10-11-21-15-6-4-3-5-7-15/h3-9,12-13,19H,10-11H2,1-2H3. The molecule has 0 spiro atoms. The molecule has 0 aromatic heterocycles. The van der Waals surface area contributed by atoms with E-state index in [-0.39, 0.29) is 17.6 Å². The van der Waals surface area contributed by atoms with Gasteiger partial charge in [0.1, 0.15) is 12.4 Å². The maximum absolute atomic E-state index is 13.4. The molecule has 0 aliphatic heterocycles. The second kappa shape index (κ2) is 7.64. The quantitative estimate of drug-likeness (QED) is 0.791. The molecule has 112 valence electrons.